The summed E-state index contributed by atoms with van der Waals surface area (Å²) < 4.78 is 0. The highest BCUT2D eigenvalue weighted by Crippen LogP contribution is 2.21. The predicted molar refractivity (Wildman–Crippen MR) is 74.6 cm³/mol. The Bertz CT molecular complexity index is 418. The molecule has 2 heterocycles. The summed E-state index contributed by atoms with van der Waals surface area (Å²) in [6.45, 7) is 3.62. The molecule has 1 unspecified atom stereocenters. The number of likely N-dealkylation sites (tertiary alicyclic amines) is 1. The van der Waals surface area contributed by atoms with Crippen LogP contribution in [0.2, 0.25) is 0 Å². The van der Waals surface area contributed by atoms with Gasteiger partial charge in [-0.05, 0) is 18.8 Å². The standard InChI is InChI=1S/C14H22N4O/c1-3-11-4-5-14(19)18(7-6-11)10-12-8-17-13(15-2)9-16-12/h8-9,11H,3-7,10H2,1-2H3,(H,15,17). The zero-order chi connectivity index (χ0) is 13.7. The Balaban J connectivity index is 1.98. The third kappa shape index (κ3) is 3.66. The molecule has 2 rings (SSSR count). The smallest absolute Gasteiger partial charge is 0.222 e. The van der Waals surface area contributed by atoms with Crippen molar-refractivity contribution in [1.82, 2.24) is 14.9 Å². The van der Waals surface area contributed by atoms with Crippen LogP contribution in [0.1, 0.15) is 38.3 Å². The molecule has 1 amide bonds. The summed E-state index contributed by atoms with van der Waals surface area (Å²) in [5.41, 5.74) is 0.849. The van der Waals surface area contributed by atoms with Crippen LogP contribution in [0, 0.1) is 5.92 Å². The normalized spacial score (nSPS) is 20.2. The summed E-state index contributed by atoms with van der Waals surface area (Å²) in [4.78, 5) is 22.5. The number of aromatic nitrogens is 2. The first-order valence-corrected chi connectivity index (χ1v) is 6.99. The lowest BCUT2D eigenvalue weighted by Crippen LogP contribution is -2.30. The van der Waals surface area contributed by atoms with Crippen molar-refractivity contribution in [2.75, 3.05) is 18.9 Å². The lowest BCUT2D eigenvalue weighted by atomic mass is 9.98. The maximum absolute atomic E-state index is 12.1. The third-order valence-electron chi connectivity index (χ3n) is 3.82. The molecule has 19 heavy (non-hydrogen) atoms. The van der Waals surface area contributed by atoms with Gasteiger partial charge < -0.3 is 10.2 Å². The number of rotatable bonds is 4. The first kappa shape index (κ1) is 13.8. The molecule has 1 N–H and O–H groups in total. The van der Waals surface area contributed by atoms with Crippen LogP contribution in [0.5, 0.6) is 0 Å². The number of hydrogen-bond donors (Lipinski definition) is 1. The highest BCUT2D eigenvalue weighted by atomic mass is 16.2. The number of amides is 1. The van der Waals surface area contributed by atoms with Crippen molar-refractivity contribution in [3.8, 4) is 0 Å². The Kier molecular flexibility index (Phi) is 4.71. The van der Waals surface area contributed by atoms with Gasteiger partial charge in [0.05, 0.1) is 24.6 Å². The number of carbonyl (C=O) groups is 1. The highest BCUT2D eigenvalue weighted by molar-refractivity contribution is 5.76. The van der Waals surface area contributed by atoms with E-state index in [0.717, 1.165) is 37.3 Å². The first-order valence-electron chi connectivity index (χ1n) is 6.99. The molecule has 1 saturated heterocycles. The summed E-state index contributed by atoms with van der Waals surface area (Å²) in [5, 5.41) is 2.94. The molecule has 1 atom stereocenters. The van der Waals surface area contributed by atoms with Gasteiger partial charge in [-0.3, -0.25) is 9.78 Å². The second-order valence-corrected chi connectivity index (χ2v) is 5.06. The number of nitrogens with one attached hydrogen (secondary N) is 1. The van der Waals surface area contributed by atoms with Gasteiger partial charge in [0.15, 0.2) is 0 Å². The monoisotopic (exact) mass is 262 g/mol. The average molecular weight is 262 g/mol. The van der Waals surface area contributed by atoms with Crippen LogP contribution in [-0.2, 0) is 11.3 Å². The average Bonchev–Trinajstić information content (AvgIpc) is 2.62. The van der Waals surface area contributed by atoms with Crippen molar-refractivity contribution >= 4 is 11.7 Å². The molecular weight excluding hydrogens is 240 g/mol. The molecule has 0 spiro atoms. The van der Waals surface area contributed by atoms with E-state index in [9.17, 15) is 4.79 Å². The molecule has 0 saturated carbocycles. The molecule has 0 aromatic carbocycles. The zero-order valence-electron chi connectivity index (χ0n) is 11.7. The maximum Gasteiger partial charge on any atom is 0.222 e. The van der Waals surface area contributed by atoms with E-state index in [4.69, 9.17) is 0 Å². The van der Waals surface area contributed by atoms with Crippen LogP contribution in [0.25, 0.3) is 0 Å². The fourth-order valence-electron chi connectivity index (χ4n) is 2.43. The van der Waals surface area contributed by atoms with E-state index in [1.807, 2.05) is 11.9 Å². The number of hydrogen-bond acceptors (Lipinski definition) is 4. The van der Waals surface area contributed by atoms with E-state index in [1.165, 1.54) is 0 Å². The van der Waals surface area contributed by atoms with Crippen molar-refractivity contribution in [3.63, 3.8) is 0 Å². The zero-order valence-corrected chi connectivity index (χ0v) is 11.7. The fourth-order valence-corrected chi connectivity index (χ4v) is 2.43. The fraction of sp³-hybridized carbons (Fsp3) is 0.643. The maximum atomic E-state index is 12.1. The minimum absolute atomic E-state index is 0.246. The van der Waals surface area contributed by atoms with E-state index < -0.39 is 0 Å². The molecule has 1 aromatic heterocycles. The van der Waals surface area contributed by atoms with E-state index >= 15 is 0 Å². The molecule has 1 fully saturated rings. The van der Waals surface area contributed by atoms with Crippen LogP contribution < -0.4 is 5.32 Å². The molecule has 0 aliphatic carbocycles. The van der Waals surface area contributed by atoms with E-state index in [-0.39, 0.29) is 5.91 Å². The van der Waals surface area contributed by atoms with Gasteiger partial charge in [-0.25, -0.2) is 4.98 Å². The lowest BCUT2D eigenvalue weighted by molar-refractivity contribution is -0.131. The van der Waals surface area contributed by atoms with Gasteiger partial charge in [-0.15, -0.1) is 0 Å². The SMILES string of the molecule is CCC1CCC(=O)N(Cc2cnc(NC)cn2)CC1. The van der Waals surface area contributed by atoms with Crippen molar-refractivity contribution < 1.29 is 4.79 Å². The largest absolute Gasteiger partial charge is 0.372 e. The van der Waals surface area contributed by atoms with Crippen molar-refractivity contribution in [1.29, 1.82) is 0 Å². The van der Waals surface area contributed by atoms with Crippen molar-refractivity contribution in [2.45, 2.75) is 39.2 Å². The van der Waals surface area contributed by atoms with E-state index in [0.29, 0.717) is 18.9 Å². The first-order chi connectivity index (χ1) is 9.22. The number of nitrogens with zero attached hydrogens (tertiary/aromatic N) is 3. The van der Waals surface area contributed by atoms with Crippen molar-refractivity contribution in [2.24, 2.45) is 5.92 Å². The quantitative estimate of drug-likeness (QED) is 0.902. The van der Waals surface area contributed by atoms with Gasteiger partial charge in [0.25, 0.3) is 0 Å². The molecule has 5 nitrogen and oxygen atoms in total. The molecule has 0 bridgehead atoms. The van der Waals surface area contributed by atoms with Crippen LogP contribution in [0.4, 0.5) is 5.82 Å². The minimum atomic E-state index is 0.246. The van der Waals surface area contributed by atoms with Gasteiger partial charge in [0, 0.05) is 20.0 Å². The minimum Gasteiger partial charge on any atom is -0.372 e. The summed E-state index contributed by atoms with van der Waals surface area (Å²) in [6.07, 6.45) is 7.40. The van der Waals surface area contributed by atoms with Crippen LogP contribution in [-0.4, -0.2) is 34.4 Å². The van der Waals surface area contributed by atoms with Gasteiger partial charge in [0.1, 0.15) is 5.82 Å². The lowest BCUT2D eigenvalue weighted by Gasteiger charge is -2.20. The summed E-state index contributed by atoms with van der Waals surface area (Å²) in [5.74, 6) is 1.68. The van der Waals surface area contributed by atoms with Crippen LogP contribution in [0.15, 0.2) is 12.4 Å². The van der Waals surface area contributed by atoms with Crippen LogP contribution in [0.3, 0.4) is 0 Å². The van der Waals surface area contributed by atoms with E-state index in [1.54, 1.807) is 12.4 Å². The van der Waals surface area contributed by atoms with Gasteiger partial charge in [-0.1, -0.05) is 13.3 Å². The Labute approximate surface area is 114 Å². The molecule has 1 aromatic rings. The highest BCUT2D eigenvalue weighted by Gasteiger charge is 2.21. The van der Waals surface area contributed by atoms with E-state index in [2.05, 4.69) is 22.2 Å². The third-order valence-corrected chi connectivity index (χ3v) is 3.82. The number of anilines is 1. The molecule has 5 heteroatoms. The Hall–Kier alpha value is -1.65. The molecule has 1 aliphatic heterocycles. The molecule has 1 aliphatic rings. The topological polar surface area (TPSA) is 58.1 Å². The van der Waals surface area contributed by atoms with Gasteiger partial charge in [0.2, 0.25) is 5.91 Å². The predicted octanol–water partition coefficient (Wildman–Crippen LogP) is 2.06. The Morgan fingerprint density at radius 3 is 2.84 bits per heavy atom. The summed E-state index contributed by atoms with van der Waals surface area (Å²) in [6, 6.07) is 0. The van der Waals surface area contributed by atoms with Gasteiger partial charge in [-0.2, -0.15) is 0 Å². The number of carbonyl (C=O) groups excluding carboxylic acids is 1. The molecule has 104 valence electrons. The molecule has 0 radical (unpaired) electrons. The second kappa shape index (κ2) is 6.50. The second-order valence-electron chi connectivity index (χ2n) is 5.06. The van der Waals surface area contributed by atoms with Crippen LogP contribution >= 0.6 is 0 Å². The summed E-state index contributed by atoms with van der Waals surface area (Å²) in [7, 11) is 1.81. The van der Waals surface area contributed by atoms with Crippen molar-refractivity contribution in [3.05, 3.63) is 18.1 Å². The Morgan fingerprint density at radius 2 is 2.21 bits per heavy atom. The molecular formula is C14H22N4O. The Morgan fingerprint density at radius 1 is 1.37 bits per heavy atom. The van der Waals surface area contributed by atoms with Gasteiger partial charge >= 0.3 is 0 Å². The summed E-state index contributed by atoms with van der Waals surface area (Å²) >= 11 is 0.